The molecule has 0 unspecified atom stereocenters. The van der Waals surface area contributed by atoms with Gasteiger partial charge in [-0.3, -0.25) is 0 Å². The van der Waals surface area contributed by atoms with Gasteiger partial charge in [0.15, 0.2) is 0 Å². The van der Waals surface area contributed by atoms with Crippen molar-refractivity contribution in [1.29, 1.82) is 0 Å². The van der Waals surface area contributed by atoms with Crippen molar-refractivity contribution in [3.63, 3.8) is 0 Å². The molecule has 0 radical (unpaired) electrons. The second kappa shape index (κ2) is 6.16. The first-order valence-electron chi connectivity index (χ1n) is 7.17. The minimum Gasteiger partial charge on any atom is -0.507 e. The van der Waals surface area contributed by atoms with E-state index in [9.17, 15) is 18.7 Å². The van der Waals surface area contributed by atoms with Crippen LogP contribution in [0.1, 0.15) is 22.3 Å². The second-order valence-electron chi connectivity index (χ2n) is 5.14. The fourth-order valence-corrected chi connectivity index (χ4v) is 3.38. The first-order valence-corrected chi connectivity index (χ1v) is 7.99. The van der Waals surface area contributed by atoms with Crippen LogP contribution in [0, 0.1) is 18.6 Å². The third kappa shape index (κ3) is 2.82. The summed E-state index contributed by atoms with van der Waals surface area (Å²) in [5.41, 5.74) is 0.965. The summed E-state index contributed by atoms with van der Waals surface area (Å²) >= 11 is 1.10. The van der Waals surface area contributed by atoms with Crippen molar-refractivity contribution in [3.05, 3.63) is 46.5 Å². The molecule has 0 saturated carbocycles. The highest BCUT2D eigenvalue weighted by Gasteiger charge is 2.19. The van der Waals surface area contributed by atoms with Crippen LogP contribution in [0.4, 0.5) is 8.78 Å². The van der Waals surface area contributed by atoms with Gasteiger partial charge in [0.25, 0.3) is 0 Å². The molecule has 0 bridgehead atoms. The van der Waals surface area contributed by atoms with Gasteiger partial charge in [0.1, 0.15) is 27.3 Å². The largest absolute Gasteiger partial charge is 0.507 e. The standard InChI is InChI=1S/C17H13F2NO3S/c1-3-23-17(22)15-8(2)20-16(24-15)10-4-9-5-11(18)7-12(19)14(9)13(21)6-10/h4-7,21H,3H2,1-2H3. The van der Waals surface area contributed by atoms with Crippen molar-refractivity contribution in [1.82, 2.24) is 4.98 Å². The van der Waals surface area contributed by atoms with Crippen LogP contribution >= 0.6 is 11.3 Å². The first kappa shape index (κ1) is 16.3. The Morgan fingerprint density at radius 1 is 1.29 bits per heavy atom. The van der Waals surface area contributed by atoms with Crippen LogP contribution in [0.15, 0.2) is 24.3 Å². The summed E-state index contributed by atoms with van der Waals surface area (Å²) < 4.78 is 32.2. The molecule has 7 heteroatoms. The van der Waals surface area contributed by atoms with Gasteiger partial charge in [0.05, 0.1) is 17.7 Å². The molecule has 1 heterocycles. The number of hydrogen-bond acceptors (Lipinski definition) is 5. The smallest absolute Gasteiger partial charge is 0.350 e. The number of nitrogens with zero attached hydrogens (tertiary/aromatic N) is 1. The normalized spacial score (nSPS) is 11.0. The molecule has 0 aliphatic carbocycles. The van der Waals surface area contributed by atoms with E-state index in [1.807, 2.05) is 0 Å². The van der Waals surface area contributed by atoms with Crippen LogP contribution in [0.3, 0.4) is 0 Å². The summed E-state index contributed by atoms with van der Waals surface area (Å²) in [4.78, 5) is 16.5. The number of aromatic nitrogens is 1. The van der Waals surface area contributed by atoms with Crippen LogP contribution < -0.4 is 0 Å². The van der Waals surface area contributed by atoms with Crippen molar-refractivity contribution in [2.45, 2.75) is 13.8 Å². The number of aryl methyl sites for hydroxylation is 1. The second-order valence-corrected chi connectivity index (χ2v) is 6.13. The highest BCUT2D eigenvalue weighted by atomic mass is 32.1. The number of aromatic hydroxyl groups is 1. The number of carbonyl (C=O) groups excluding carboxylic acids is 1. The SMILES string of the molecule is CCOC(=O)c1sc(-c2cc(O)c3c(F)cc(F)cc3c2)nc1C. The number of ether oxygens (including phenoxy) is 1. The van der Waals surface area contributed by atoms with E-state index < -0.39 is 17.6 Å². The number of halogens is 2. The molecule has 24 heavy (non-hydrogen) atoms. The van der Waals surface area contributed by atoms with Crippen molar-refractivity contribution in [3.8, 4) is 16.3 Å². The van der Waals surface area contributed by atoms with Crippen LogP contribution in [0.25, 0.3) is 21.3 Å². The number of thiazole rings is 1. The number of fused-ring (bicyclic) bond motifs is 1. The molecule has 3 aromatic rings. The molecule has 0 aliphatic heterocycles. The Balaban J connectivity index is 2.14. The Labute approximate surface area is 140 Å². The van der Waals surface area contributed by atoms with Gasteiger partial charge in [-0.05, 0) is 37.4 Å². The lowest BCUT2D eigenvalue weighted by Crippen LogP contribution is -2.03. The molecule has 4 nitrogen and oxygen atoms in total. The zero-order chi connectivity index (χ0) is 17.4. The van der Waals surface area contributed by atoms with E-state index in [1.165, 1.54) is 12.1 Å². The minimum absolute atomic E-state index is 0.0564. The average molecular weight is 349 g/mol. The highest BCUT2D eigenvalue weighted by molar-refractivity contribution is 7.17. The summed E-state index contributed by atoms with van der Waals surface area (Å²) in [7, 11) is 0. The molecule has 0 spiro atoms. The van der Waals surface area contributed by atoms with Gasteiger partial charge in [-0.15, -0.1) is 11.3 Å². The zero-order valence-corrected chi connectivity index (χ0v) is 13.7. The lowest BCUT2D eigenvalue weighted by molar-refractivity contribution is 0.0531. The van der Waals surface area contributed by atoms with Crippen molar-refractivity contribution in [2.24, 2.45) is 0 Å². The van der Waals surface area contributed by atoms with Gasteiger partial charge in [-0.1, -0.05) is 0 Å². The van der Waals surface area contributed by atoms with Crippen molar-refractivity contribution in [2.75, 3.05) is 6.61 Å². The lowest BCUT2D eigenvalue weighted by atomic mass is 10.1. The molecule has 0 aliphatic rings. The van der Waals surface area contributed by atoms with Gasteiger partial charge in [0.2, 0.25) is 0 Å². The number of phenols is 1. The van der Waals surface area contributed by atoms with Gasteiger partial charge in [0, 0.05) is 11.6 Å². The number of rotatable bonds is 3. The monoisotopic (exact) mass is 349 g/mol. The summed E-state index contributed by atoms with van der Waals surface area (Å²) in [6.45, 7) is 3.63. The number of phenolic OH excluding ortho intramolecular Hbond substituents is 1. The predicted octanol–water partition coefficient (Wildman–Crippen LogP) is 4.43. The van der Waals surface area contributed by atoms with Crippen LogP contribution in [0.2, 0.25) is 0 Å². The molecule has 1 N–H and O–H groups in total. The summed E-state index contributed by atoms with van der Waals surface area (Å²) in [6.07, 6.45) is 0. The number of benzene rings is 2. The van der Waals surface area contributed by atoms with Crippen LogP contribution in [-0.2, 0) is 4.74 Å². The third-order valence-electron chi connectivity index (χ3n) is 3.45. The van der Waals surface area contributed by atoms with E-state index in [1.54, 1.807) is 13.8 Å². The lowest BCUT2D eigenvalue weighted by Gasteiger charge is -2.06. The number of hydrogen-bond donors (Lipinski definition) is 1. The summed E-state index contributed by atoms with van der Waals surface area (Å²) in [6, 6.07) is 4.72. The molecule has 3 rings (SSSR count). The molecule has 0 atom stereocenters. The topological polar surface area (TPSA) is 59.4 Å². The minimum atomic E-state index is -0.836. The van der Waals surface area contributed by atoms with Gasteiger partial charge < -0.3 is 9.84 Å². The van der Waals surface area contributed by atoms with E-state index in [0.29, 0.717) is 27.2 Å². The van der Waals surface area contributed by atoms with E-state index >= 15 is 0 Å². The molecular formula is C17H13F2NO3S. The number of carbonyl (C=O) groups is 1. The highest BCUT2D eigenvalue weighted by Crippen LogP contribution is 2.36. The Morgan fingerprint density at radius 3 is 2.75 bits per heavy atom. The molecule has 0 amide bonds. The third-order valence-corrected chi connectivity index (χ3v) is 4.64. The van der Waals surface area contributed by atoms with Crippen molar-refractivity contribution < 1.29 is 23.4 Å². The van der Waals surface area contributed by atoms with E-state index in [4.69, 9.17) is 4.74 Å². The maximum atomic E-state index is 13.8. The van der Waals surface area contributed by atoms with Crippen LogP contribution in [-0.4, -0.2) is 22.7 Å². The quantitative estimate of drug-likeness (QED) is 0.711. The van der Waals surface area contributed by atoms with E-state index in [0.717, 1.165) is 17.4 Å². The fraction of sp³-hybridized carbons (Fsp3) is 0.176. The van der Waals surface area contributed by atoms with E-state index in [2.05, 4.69) is 4.98 Å². The molecule has 0 fully saturated rings. The Morgan fingerprint density at radius 2 is 2.04 bits per heavy atom. The zero-order valence-electron chi connectivity index (χ0n) is 12.9. The Bertz CT molecular complexity index is 953. The predicted molar refractivity (Wildman–Crippen MR) is 87.3 cm³/mol. The van der Waals surface area contributed by atoms with E-state index in [-0.39, 0.29) is 23.1 Å². The fourth-order valence-electron chi connectivity index (χ4n) is 2.44. The van der Waals surface area contributed by atoms with Gasteiger partial charge in [-0.2, -0.15) is 0 Å². The molecule has 2 aromatic carbocycles. The Hall–Kier alpha value is -2.54. The average Bonchev–Trinajstić information content (AvgIpc) is 2.88. The molecular weight excluding hydrogens is 336 g/mol. The maximum absolute atomic E-state index is 13.8. The van der Waals surface area contributed by atoms with Crippen LogP contribution in [0.5, 0.6) is 5.75 Å². The molecule has 1 aromatic heterocycles. The number of esters is 1. The van der Waals surface area contributed by atoms with Gasteiger partial charge >= 0.3 is 5.97 Å². The maximum Gasteiger partial charge on any atom is 0.350 e. The Kier molecular flexibility index (Phi) is 4.19. The van der Waals surface area contributed by atoms with Gasteiger partial charge in [-0.25, -0.2) is 18.6 Å². The van der Waals surface area contributed by atoms with Crippen molar-refractivity contribution >= 4 is 28.1 Å². The molecule has 124 valence electrons. The first-order chi connectivity index (χ1) is 11.4. The molecule has 0 saturated heterocycles. The summed E-state index contributed by atoms with van der Waals surface area (Å²) in [5.74, 6) is -2.36. The summed E-state index contributed by atoms with van der Waals surface area (Å²) in [5, 5.41) is 10.7.